The summed E-state index contributed by atoms with van der Waals surface area (Å²) in [6.07, 6.45) is 5.39. The third kappa shape index (κ3) is 7.68. The van der Waals surface area contributed by atoms with E-state index in [1.165, 1.54) is 0 Å². The van der Waals surface area contributed by atoms with Gasteiger partial charge in [-0.2, -0.15) is 9.59 Å². The molecule has 0 aliphatic heterocycles. The number of rotatable bonds is 2. The zero-order valence-electron chi connectivity index (χ0n) is 10.3. The molecule has 5 heteroatoms. The molecule has 0 N–H and O–H groups in total. The SMILES string of the molecule is CC1(Cl)CC=C(O[Si](C)(C)C)CC1.O=C=O. The Morgan fingerprint density at radius 3 is 2.25 bits per heavy atom. The van der Waals surface area contributed by atoms with Crippen molar-refractivity contribution in [3.05, 3.63) is 11.8 Å². The molecule has 0 fully saturated rings. The predicted octanol–water partition coefficient (Wildman–Crippen LogP) is 3.32. The minimum atomic E-state index is -1.40. The van der Waals surface area contributed by atoms with E-state index in [1.54, 1.807) is 0 Å². The zero-order chi connectivity index (χ0) is 12.8. The van der Waals surface area contributed by atoms with E-state index >= 15 is 0 Å². The fraction of sp³-hybridized carbons (Fsp3) is 0.727. The largest absolute Gasteiger partial charge is 0.548 e. The van der Waals surface area contributed by atoms with Crippen LogP contribution in [0.4, 0.5) is 0 Å². The van der Waals surface area contributed by atoms with Gasteiger partial charge in [0, 0.05) is 11.3 Å². The van der Waals surface area contributed by atoms with Crippen LogP contribution in [0, 0.1) is 0 Å². The molecule has 0 aromatic heterocycles. The normalized spacial score (nSPS) is 24.7. The molecule has 1 aliphatic rings. The van der Waals surface area contributed by atoms with Crippen LogP contribution >= 0.6 is 11.6 Å². The Kier molecular flexibility index (Phi) is 6.01. The van der Waals surface area contributed by atoms with Gasteiger partial charge in [0.15, 0.2) is 0 Å². The Labute approximate surface area is 103 Å². The van der Waals surface area contributed by atoms with E-state index in [1.807, 2.05) is 0 Å². The maximum absolute atomic E-state index is 8.12. The van der Waals surface area contributed by atoms with E-state index in [4.69, 9.17) is 25.6 Å². The molecular formula is C11H19ClO3Si. The second-order valence-electron chi connectivity index (χ2n) is 5.09. The van der Waals surface area contributed by atoms with Gasteiger partial charge in [-0.1, -0.05) is 0 Å². The van der Waals surface area contributed by atoms with Crippen LogP contribution in [0.2, 0.25) is 19.6 Å². The van der Waals surface area contributed by atoms with Gasteiger partial charge < -0.3 is 4.43 Å². The summed E-state index contributed by atoms with van der Waals surface area (Å²) in [7, 11) is -1.40. The first-order valence-corrected chi connectivity index (χ1v) is 9.05. The highest BCUT2D eigenvalue weighted by molar-refractivity contribution is 6.70. The third-order valence-corrected chi connectivity index (χ3v) is 3.30. The minimum Gasteiger partial charge on any atom is -0.548 e. The Morgan fingerprint density at radius 1 is 1.44 bits per heavy atom. The first kappa shape index (κ1) is 15.4. The van der Waals surface area contributed by atoms with Gasteiger partial charge in [0.1, 0.15) is 0 Å². The molecule has 0 radical (unpaired) electrons. The molecule has 0 aromatic rings. The molecule has 1 atom stereocenters. The van der Waals surface area contributed by atoms with Crippen LogP contribution in [0.3, 0.4) is 0 Å². The number of hydrogen-bond donors (Lipinski definition) is 0. The lowest BCUT2D eigenvalue weighted by molar-refractivity contribution is -0.191. The number of allylic oxidation sites excluding steroid dienone is 2. The van der Waals surface area contributed by atoms with Crippen LogP contribution in [-0.2, 0) is 14.0 Å². The fourth-order valence-corrected chi connectivity index (χ4v) is 2.54. The summed E-state index contributed by atoms with van der Waals surface area (Å²) in [5.74, 6) is 1.16. The van der Waals surface area contributed by atoms with Crippen LogP contribution in [0.1, 0.15) is 26.2 Å². The summed E-state index contributed by atoms with van der Waals surface area (Å²) < 4.78 is 5.91. The molecule has 0 heterocycles. The minimum absolute atomic E-state index is 0.0354. The van der Waals surface area contributed by atoms with Crippen LogP contribution in [-0.4, -0.2) is 19.3 Å². The van der Waals surface area contributed by atoms with Gasteiger partial charge in [0.05, 0.1) is 5.76 Å². The lowest BCUT2D eigenvalue weighted by Gasteiger charge is -2.30. The highest BCUT2D eigenvalue weighted by Crippen LogP contribution is 2.33. The number of hydrogen-bond acceptors (Lipinski definition) is 3. The molecule has 16 heavy (non-hydrogen) atoms. The van der Waals surface area contributed by atoms with Crippen molar-refractivity contribution in [2.24, 2.45) is 0 Å². The summed E-state index contributed by atoms with van der Waals surface area (Å²) in [5, 5.41) is 0. The number of carbonyl (C=O) groups excluding carboxylic acids is 2. The smallest absolute Gasteiger partial charge is 0.373 e. The van der Waals surface area contributed by atoms with Crippen molar-refractivity contribution in [1.29, 1.82) is 0 Å². The Hall–Kier alpha value is -0.573. The Balaban J connectivity index is 0.000000673. The molecule has 92 valence electrons. The summed E-state index contributed by atoms with van der Waals surface area (Å²) in [4.78, 5) is 16.2. The molecular weight excluding hydrogens is 244 g/mol. The Morgan fingerprint density at radius 2 is 1.94 bits per heavy atom. The second-order valence-corrected chi connectivity index (χ2v) is 10.4. The summed E-state index contributed by atoms with van der Waals surface area (Å²) in [6, 6.07) is 0. The predicted molar refractivity (Wildman–Crippen MR) is 65.6 cm³/mol. The van der Waals surface area contributed by atoms with Crippen LogP contribution in [0.15, 0.2) is 11.8 Å². The summed E-state index contributed by atoms with van der Waals surface area (Å²) >= 11 is 6.22. The van der Waals surface area contributed by atoms with Crippen LogP contribution in [0.5, 0.6) is 0 Å². The van der Waals surface area contributed by atoms with E-state index < -0.39 is 8.32 Å². The van der Waals surface area contributed by atoms with Gasteiger partial charge in [-0.3, -0.25) is 0 Å². The van der Waals surface area contributed by atoms with Crippen LogP contribution < -0.4 is 0 Å². The third-order valence-electron chi connectivity index (χ3n) is 2.09. The van der Waals surface area contributed by atoms with E-state index in [9.17, 15) is 0 Å². The Bertz CT molecular complexity index is 286. The first-order chi connectivity index (χ1) is 7.20. The molecule has 0 saturated heterocycles. The molecule has 3 nitrogen and oxygen atoms in total. The quantitative estimate of drug-likeness (QED) is 0.566. The second kappa shape index (κ2) is 6.23. The highest BCUT2D eigenvalue weighted by atomic mass is 35.5. The van der Waals surface area contributed by atoms with Crippen molar-refractivity contribution in [3.8, 4) is 0 Å². The van der Waals surface area contributed by atoms with E-state index in [2.05, 4.69) is 32.6 Å². The monoisotopic (exact) mass is 262 g/mol. The molecule has 0 saturated carbocycles. The molecule has 0 bridgehead atoms. The summed E-state index contributed by atoms with van der Waals surface area (Å²) in [6.45, 7) is 8.73. The van der Waals surface area contributed by atoms with Crippen molar-refractivity contribution in [2.75, 3.05) is 0 Å². The van der Waals surface area contributed by atoms with Gasteiger partial charge >= 0.3 is 6.15 Å². The molecule has 1 unspecified atom stereocenters. The molecule has 1 rings (SSSR count). The first-order valence-electron chi connectivity index (χ1n) is 5.26. The van der Waals surface area contributed by atoms with Gasteiger partial charge in [0.2, 0.25) is 8.32 Å². The molecule has 1 aliphatic carbocycles. The average molecular weight is 263 g/mol. The van der Waals surface area contributed by atoms with E-state index in [0.29, 0.717) is 0 Å². The number of alkyl halides is 1. The van der Waals surface area contributed by atoms with Crippen molar-refractivity contribution < 1.29 is 14.0 Å². The standard InChI is InChI=1S/C10H19ClOSi.CO2/c1-10(11)7-5-9(6-8-10)12-13(2,3)4;2-1-3/h5H,6-8H2,1-4H3;. The van der Waals surface area contributed by atoms with Gasteiger partial charge in [-0.25, -0.2) is 0 Å². The highest BCUT2D eigenvalue weighted by Gasteiger charge is 2.26. The summed E-state index contributed by atoms with van der Waals surface area (Å²) in [5.41, 5.74) is 0. The van der Waals surface area contributed by atoms with E-state index in [-0.39, 0.29) is 11.0 Å². The molecule has 0 aromatic carbocycles. The van der Waals surface area contributed by atoms with Gasteiger partial charge in [-0.15, -0.1) is 11.6 Å². The fourth-order valence-electron chi connectivity index (χ4n) is 1.40. The van der Waals surface area contributed by atoms with Crippen molar-refractivity contribution >= 4 is 26.1 Å². The van der Waals surface area contributed by atoms with Crippen molar-refractivity contribution in [3.63, 3.8) is 0 Å². The maximum Gasteiger partial charge on any atom is 0.373 e. The molecule has 0 spiro atoms. The van der Waals surface area contributed by atoms with Gasteiger partial charge in [0.25, 0.3) is 0 Å². The van der Waals surface area contributed by atoms with Crippen LogP contribution in [0.25, 0.3) is 0 Å². The van der Waals surface area contributed by atoms with Crippen molar-refractivity contribution in [1.82, 2.24) is 0 Å². The lowest BCUT2D eigenvalue weighted by Crippen LogP contribution is -2.28. The molecule has 0 amide bonds. The topological polar surface area (TPSA) is 43.4 Å². The maximum atomic E-state index is 8.12. The number of halogens is 1. The zero-order valence-corrected chi connectivity index (χ0v) is 12.1. The van der Waals surface area contributed by atoms with E-state index in [0.717, 1.165) is 25.0 Å². The lowest BCUT2D eigenvalue weighted by atomic mass is 9.94. The average Bonchev–Trinajstić information content (AvgIpc) is 2.08. The van der Waals surface area contributed by atoms with Crippen molar-refractivity contribution in [2.45, 2.75) is 50.7 Å². The van der Waals surface area contributed by atoms with Gasteiger partial charge in [-0.05, 0) is 45.5 Å².